The van der Waals surface area contributed by atoms with Crippen molar-refractivity contribution >= 4 is 23.8 Å². The predicted octanol–water partition coefficient (Wildman–Crippen LogP) is 12.9. The van der Waals surface area contributed by atoms with Gasteiger partial charge in [-0.2, -0.15) is 0 Å². The summed E-state index contributed by atoms with van der Waals surface area (Å²) in [4.78, 5) is 0. The number of hydrogen-bond donors (Lipinski definition) is 0. The van der Waals surface area contributed by atoms with Crippen LogP contribution < -0.4 is 9.47 Å². The van der Waals surface area contributed by atoms with Crippen LogP contribution in [0, 0.1) is 13.8 Å². The summed E-state index contributed by atoms with van der Waals surface area (Å²) in [5, 5.41) is 0. The molecule has 3 aliphatic rings. The minimum Gasteiger partial charge on any atom is -0.340 e. The summed E-state index contributed by atoms with van der Waals surface area (Å²) >= 11 is 0. The summed E-state index contributed by atoms with van der Waals surface area (Å²) in [6.45, 7) is 13.5. The van der Waals surface area contributed by atoms with Gasteiger partial charge >= 0.3 is 6.03 Å². The van der Waals surface area contributed by atoms with E-state index < -0.39 is 6.03 Å². The highest BCUT2D eigenvalue weighted by atomic mass is 16.7. The Bertz CT molecular complexity index is 2100. The summed E-state index contributed by atoms with van der Waals surface area (Å²) in [6.07, 6.45) is 18.4. The van der Waals surface area contributed by atoms with Crippen LogP contribution in [0.4, 0.5) is 11.4 Å². The Morgan fingerprint density at radius 2 is 0.836 bits per heavy atom. The summed E-state index contributed by atoms with van der Waals surface area (Å²) in [5.74, 6) is 1.74. The molecule has 5 aromatic carbocycles. The van der Waals surface area contributed by atoms with Gasteiger partial charge < -0.3 is 9.47 Å². The van der Waals surface area contributed by atoms with Crippen molar-refractivity contribution in [2.45, 2.75) is 125 Å². The lowest BCUT2D eigenvalue weighted by Gasteiger charge is -2.29. The van der Waals surface area contributed by atoms with Crippen molar-refractivity contribution in [3.63, 3.8) is 0 Å². The molecule has 0 saturated carbocycles. The number of ether oxygens (including phenoxy) is 2. The summed E-state index contributed by atoms with van der Waals surface area (Å²) in [5.41, 5.74) is 17.7. The number of para-hydroxylation sites is 2. The van der Waals surface area contributed by atoms with E-state index in [1.807, 2.05) is 0 Å². The van der Waals surface area contributed by atoms with Crippen LogP contribution in [0.5, 0.6) is 11.5 Å². The molecule has 1 spiro atoms. The van der Waals surface area contributed by atoms with Crippen molar-refractivity contribution < 1.29 is 18.6 Å². The Labute approximate surface area is 329 Å². The largest absolute Gasteiger partial charge is 0.715 e. The van der Waals surface area contributed by atoms with Gasteiger partial charge in [0.05, 0.1) is 11.1 Å². The monoisotopic (exact) mass is 730 g/mol. The van der Waals surface area contributed by atoms with E-state index in [-0.39, 0.29) is 0 Å². The van der Waals surface area contributed by atoms with Gasteiger partial charge in [-0.05, 0) is 154 Å². The van der Waals surface area contributed by atoms with Gasteiger partial charge in [0.25, 0.3) is 11.4 Å². The van der Waals surface area contributed by atoms with E-state index in [2.05, 4.69) is 148 Å². The molecule has 8 rings (SSSR count). The molecule has 0 aromatic heterocycles. The van der Waals surface area contributed by atoms with Crippen molar-refractivity contribution in [3.05, 3.63) is 129 Å². The molecule has 0 atom stereocenters. The standard InChI is InChI=1S/C51H58N2O2/c1-7-11-19-37-23-17-24-38(20-12-8-2)47(37)41-29-35(5)49-43(31-41)33-52-45-27-15-16-28-46(45)53-34-44-32-42(30-36(6)50(44)55-51(52,53)54-49)48-39(21-13-9-3)25-18-26-40(48)22-14-10-4/h15-18,23-34H,7-14,19-22H2,1-6H3/q+2. The summed E-state index contributed by atoms with van der Waals surface area (Å²) in [6, 6.07) is 30.7. The number of rotatable bonds is 14. The quantitative estimate of drug-likeness (QED) is 0.106. The fraction of sp³-hybridized carbons (Fsp3) is 0.373. The Morgan fingerprint density at radius 3 is 1.18 bits per heavy atom. The number of aryl methyl sites for hydroxylation is 6. The molecule has 4 nitrogen and oxygen atoms in total. The highest BCUT2D eigenvalue weighted by Gasteiger charge is 2.72. The molecule has 3 heterocycles. The van der Waals surface area contributed by atoms with Crippen LogP contribution in [0.1, 0.15) is 124 Å². The van der Waals surface area contributed by atoms with Gasteiger partial charge in [0.2, 0.25) is 0 Å². The average Bonchev–Trinajstić information content (AvgIpc) is 3.47. The maximum absolute atomic E-state index is 7.26. The summed E-state index contributed by atoms with van der Waals surface area (Å²) in [7, 11) is 0. The Kier molecular flexibility index (Phi) is 10.5. The lowest BCUT2D eigenvalue weighted by atomic mass is 9.88. The van der Waals surface area contributed by atoms with Gasteiger partial charge in [-0.25, -0.2) is 0 Å². The second-order valence-corrected chi connectivity index (χ2v) is 16.0. The van der Waals surface area contributed by atoms with Gasteiger partial charge in [0.1, 0.15) is 0 Å². The molecule has 0 saturated heterocycles. The molecule has 0 radical (unpaired) electrons. The highest BCUT2D eigenvalue weighted by molar-refractivity contribution is 5.90. The lowest BCUT2D eigenvalue weighted by molar-refractivity contribution is -0.831. The molecule has 0 aliphatic carbocycles. The Hall–Kier alpha value is -4.96. The van der Waals surface area contributed by atoms with E-state index in [0.717, 1.165) is 70.8 Å². The first kappa shape index (κ1) is 37.0. The SMILES string of the molecule is CCCCc1cccc(CCCC)c1-c1cc(C)c2c(c1)C=[N+]1c3ccccc3[N+]3=Cc4cc(-c5c(CCCC)cccc5CCCC)cc(C)c4OC13O2. The smallest absolute Gasteiger partial charge is 0.340 e. The van der Waals surface area contributed by atoms with Crippen molar-refractivity contribution in [2.24, 2.45) is 0 Å². The second kappa shape index (κ2) is 15.6. The van der Waals surface area contributed by atoms with Gasteiger partial charge in [-0.3, -0.25) is 0 Å². The molecule has 0 unspecified atom stereocenters. The van der Waals surface area contributed by atoms with Crippen molar-refractivity contribution in [1.29, 1.82) is 0 Å². The van der Waals surface area contributed by atoms with Gasteiger partial charge in [-0.1, -0.05) is 102 Å². The molecular formula is C51H58N2O2+2. The van der Waals surface area contributed by atoms with E-state index >= 15 is 0 Å². The number of benzene rings is 5. The lowest BCUT2D eigenvalue weighted by Crippen LogP contribution is -2.59. The topological polar surface area (TPSA) is 24.5 Å². The minimum absolute atomic E-state index is 0.871. The van der Waals surface area contributed by atoms with Crippen molar-refractivity contribution in [3.8, 4) is 33.8 Å². The first-order valence-corrected chi connectivity index (χ1v) is 21.2. The van der Waals surface area contributed by atoms with Crippen LogP contribution in [-0.4, -0.2) is 27.6 Å². The molecular weight excluding hydrogens is 673 g/mol. The number of fused-ring (bicyclic) bond motifs is 5. The first-order valence-electron chi connectivity index (χ1n) is 21.2. The van der Waals surface area contributed by atoms with E-state index in [1.54, 1.807) is 0 Å². The zero-order chi connectivity index (χ0) is 38.1. The summed E-state index contributed by atoms with van der Waals surface area (Å²) < 4.78 is 19.0. The Balaban J connectivity index is 1.26. The van der Waals surface area contributed by atoms with E-state index in [9.17, 15) is 0 Å². The molecule has 0 bridgehead atoms. The zero-order valence-electron chi connectivity index (χ0n) is 33.9. The van der Waals surface area contributed by atoms with Crippen LogP contribution in [0.25, 0.3) is 22.3 Å². The molecule has 282 valence electrons. The van der Waals surface area contributed by atoms with Gasteiger partial charge in [0.15, 0.2) is 23.9 Å². The Morgan fingerprint density at radius 1 is 0.473 bits per heavy atom. The van der Waals surface area contributed by atoms with Crippen molar-refractivity contribution in [1.82, 2.24) is 0 Å². The van der Waals surface area contributed by atoms with Crippen LogP contribution in [-0.2, 0) is 25.7 Å². The normalized spacial score (nSPS) is 14.4. The molecule has 55 heavy (non-hydrogen) atoms. The number of nitrogens with zero attached hydrogens (tertiary/aromatic N) is 2. The van der Waals surface area contributed by atoms with Gasteiger partial charge in [-0.15, -0.1) is 0 Å². The molecule has 4 heteroatoms. The maximum atomic E-state index is 7.26. The second-order valence-electron chi connectivity index (χ2n) is 16.0. The van der Waals surface area contributed by atoms with E-state index in [4.69, 9.17) is 9.47 Å². The van der Waals surface area contributed by atoms with Crippen LogP contribution in [0.3, 0.4) is 0 Å². The van der Waals surface area contributed by atoms with Crippen molar-refractivity contribution in [2.75, 3.05) is 0 Å². The number of hydrogen-bond acceptors (Lipinski definition) is 2. The van der Waals surface area contributed by atoms with Gasteiger partial charge in [0, 0.05) is 12.1 Å². The highest BCUT2D eigenvalue weighted by Crippen LogP contribution is 2.51. The third-order valence-electron chi connectivity index (χ3n) is 11.9. The number of unbranched alkanes of at least 4 members (excludes halogenated alkanes) is 4. The molecule has 5 aromatic rings. The van der Waals surface area contributed by atoms with E-state index in [0.29, 0.717) is 0 Å². The molecule has 0 N–H and O–H groups in total. The third-order valence-corrected chi connectivity index (χ3v) is 11.9. The fourth-order valence-corrected chi connectivity index (χ4v) is 9.07. The molecule has 0 amide bonds. The molecule has 3 aliphatic heterocycles. The third kappa shape index (κ3) is 6.62. The van der Waals surface area contributed by atoms with E-state index in [1.165, 1.54) is 95.9 Å². The zero-order valence-corrected chi connectivity index (χ0v) is 33.9. The minimum atomic E-state index is -1.21. The van der Waals surface area contributed by atoms with Crippen LogP contribution in [0.15, 0.2) is 84.9 Å². The van der Waals surface area contributed by atoms with Crippen LogP contribution in [0.2, 0.25) is 0 Å². The molecule has 0 fully saturated rings. The average molecular weight is 731 g/mol. The first-order chi connectivity index (χ1) is 26.9. The maximum Gasteiger partial charge on any atom is 0.715 e. The van der Waals surface area contributed by atoms with Crippen LogP contribution >= 0.6 is 0 Å². The predicted molar refractivity (Wildman–Crippen MR) is 228 cm³/mol. The fourth-order valence-electron chi connectivity index (χ4n) is 9.07.